The molecule has 1 N–H and O–H groups in total. The number of unbranched alkanes of at least 4 members (excludes halogenated alkanes) is 1. The summed E-state index contributed by atoms with van der Waals surface area (Å²) in [4.78, 5) is 25.4. The van der Waals surface area contributed by atoms with E-state index in [0.29, 0.717) is 37.9 Å². The molecule has 1 aromatic rings. The molecule has 1 aliphatic rings. The van der Waals surface area contributed by atoms with Crippen LogP contribution < -0.4 is 5.32 Å². The Morgan fingerprint density at radius 2 is 2.17 bits per heavy atom. The molecule has 2 rings (SSSR count). The zero-order chi connectivity index (χ0) is 21.1. The van der Waals surface area contributed by atoms with Crippen LogP contribution in [-0.2, 0) is 14.2 Å². The Bertz CT molecular complexity index is 658. The number of nitrogens with one attached hydrogen (secondary N) is 1. The highest BCUT2D eigenvalue weighted by Gasteiger charge is 2.31. The summed E-state index contributed by atoms with van der Waals surface area (Å²) in [6.45, 7) is 4.42. The van der Waals surface area contributed by atoms with Gasteiger partial charge in [-0.2, -0.15) is 0 Å². The van der Waals surface area contributed by atoms with Gasteiger partial charge in [-0.1, -0.05) is 37.1 Å². The largest absolute Gasteiger partial charge is 0.453 e. The SMILES string of the molecule is CCCCOC(=O)N1CCCC([C@@H](OCCNC(=O)OC)c2cccc(Cl)c2)C1. The van der Waals surface area contributed by atoms with Crippen LogP contribution in [0.4, 0.5) is 9.59 Å². The quantitative estimate of drug-likeness (QED) is 0.592. The van der Waals surface area contributed by atoms with Gasteiger partial charge < -0.3 is 24.4 Å². The molecule has 2 atom stereocenters. The maximum atomic E-state index is 12.4. The summed E-state index contributed by atoms with van der Waals surface area (Å²) in [6.07, 6.45) is 2.67. The van der Waals surface area contributed by atoms with Gasteiger partial charge in [0.2, 0.25) is 0 Å². The molecule has 1 unspecified atom stereocenters. The smallest absolute Gasteiger partial charge is 0.409 e. The summed E-state index contributed by atoms with van der Waals surface area (Å²) >= 11 is 6.19. The van der Waals surface area contributed by atoms with Crippen molar-refractivity contribution in [1.29, 1.82) is 0 Å². The normalized spacial score (nSPS) is 17.5. The van der Waals surface area contributed by atoms with Crippen LogP contribution in [0.5, 0.6) is 0 Å². The van der Waals surface area contributed by atoms with E-state index in [0.717, 1.165) is 31.2 Å². The van der Waals surface area contributed by atoms with Crippen LogP contribution in [0.2, 0.25) is 5.02 Å². The molecular weight excluding hydrogens is 396 g/mol. The van der Waals surface area contributed by atoms with Crippen molar-refractivity contribution in [2.75, 3.05) is 40.0 Å². The Kier molecular flexibility index (Phi) is 10.1. The molecule has 29 heavy (non-hydrogen) atoms. The monoisotopic (exact) mass is 426 g/mol. The lowest BCUT2D eigenvalue weighted by Gasteiger charge is -2.36. The maximum Gasteiger partial charge on any atom is 0.409 e. The fourth-order valence-electron chi connectivity index (χ4n) is 3.42. The number of piperidine rings is 1. The number of likely N-dealkylation sites (tertiary alicyclic amines) is 1. The summed E-state index contributed by atoms with van der Waals surface area (Å²) in [5.74, 6) is 0.110. The molecule has 162 valence electrons. The van der Waals surface area contributed by atoms with E-state index in [1.807, 2.05) is 24.3 Å². The van der Waals surface area contributed by atoms with Crippen LogP contribution in [0.15, 0.2) is 24.3 Å². The third-order valence-corrected chi connectivity index (χ3v) is 5.13. The zero-order valence-corrected chi connectivity index (χ0v) is 18.0. The van der Waals surface area contributed by atoms with E-state index in [1.165, 1.54) is 7.11 Å². The van der Waals surface area contributed by atoms with Crippen molar-refractivity contribution >= 4 is 23.8 Å². The van der Waals surface area contributed by atoms with Crippen LogP contribution in [-0.4, -0.2) is 57.0 Å². The number of carbonyl (C=O) groups excluding carboxylic acids is 2. The average Bonchev–Trinajstić information content (AvgIpc) is 2.73. The highest BCUT2D eigenvalue weighted by molar-refractivity contribution is 6.30. The van der Waals surface area contributed by atoms with E-state index >= 15 is 0 Å². The molecule has 0 radical (unpaired) electrons. The van der Waals surface area contributed by atoms with Gasteiger partial charge in [0, 0.05) is 30.6 Å². The minimum absolute atomic E-state index is 0.110. The molecule has 7 nitrogen and oxygen atoms in total. The molecule has 1 heterocycles. The summed E-state index contributed by atoms with van der Waals surface area (Å²) < 4.78 is 16.1. The first-order chi connectivity index (χ1) is 14.0. The van der Waals surface area contributed by atoms with Gasteiger partial charge in [-0.15, -0.1) is 0 Å². The molecule has 1 aliphatic heterocycles. The number of hydrogen-bond donors (Lipinski definition) is 1. The van der Waals surface area contributed by atoms with Crippen molar-refractivity contribution in [3.8, 4) is 0 Å². The van der Waals surface area contributed by atoms with Gasteiger partial charge in [0.05, 0.1) is 26.4 Å². The van der Waals surface area contributed by atoms with Crippen molar-refractivity contribution in [2.45, 2.75) is 38.7 Å². The zero-order valence-electron chi connectivity index (χ0n) is 17.2. The predicted molar refractivity (Wildman–Crippen MR) is 111 cm³/mol. The van der Waals surface area contributed by atoms with E-state index < -0.39 is 6.09 Å². The first-order valence-electron chi connectivity index (χ1n) is 10.2. The van der Waals surface area contributed by atoms with E-state index in [1.54, 1.807) is 4.90 Å². The van der Waals surface area contributed by atoms with Crippen molar-refractivity contribution in [2.24, 2.45) is 5.92 Å². The van der Waals surface area contributed by atoms with E-state index in [9.17, 15) is 9.59 Å². The van der Waals surface area contributed by atoms with Gasteiger partial charge in [-0.05, 0) is 37.0 Å². The van der Waals surface area contributed by atoms with Crippen molar-refractivity contribution in [1.82, 2.24) is 10.2 Å². The fourth-order valence-corrected chi connectivity index (χ4v) is 3.62. The minimum Gasteiger partial charge on any atom is -0.453 e. The number of halogens is 1. The van der Waals surface area contributed by atoms with Crippen LogP contribution in [0.25, 0.3) is 0 Å². The summed E-state index contributed by atoms with van der Waals surface area (Å²) in [5.41, 5.74) is 0.960. The molecule has 0 bridgehead atoms. The molecule has 0 spiro atoms. The lowest BCUT2D eigenvalue weighted by atomic mass is 9.88. The summed E-state index contributed by atoms with van der Waals surface area (Å²) in [7, 11) is 1.32. The topological polar surface area (TPSA) is 77.1 Å². The second kappa shape index (κ2) is 12.5. The van der Waals surface area contributed by atoms with Gasteiger partial charge in [0.25, 0.3) is 0 Å². The third kappa shape index (κ3) is 7.74. The lowest BCUT2D eigenvalue weighted by molar-refractivity contribution is -0.0144. The number of nitrogens with zero attached hydrogens (tertiary/aromatic N) is 1. The second-order valence-corrected chi connectivity index (χ2v) is 7.52. The van der Waals surface area contributed by atoms with Crippen LogP contribution in [0.1, 0.15) is 44.3 Å². The van der Waals surface area contributed by atoms with Gasteiger partial charge in [0.15, 0.2) is 0 Å². The third-order valence-electron chi connectivity index (χ3n) is 4.90. The van der Waals surface area contributed by atoms with E-state index in [-0.39, 0.29) is 18.1 Å². The number of carbonyl (C=O) groups is 2. The number of benzene rings is 1. The molecule has 1 saturated heterocycles. The van der Waals surface area contributed by atoms with Crippen LogP contribution >= 0.6 is 11.6 Å². The average molecular weight is 427 g/mol. The van der Waals surface area contributed by atoms with Crippen LogP contribution in [0, 0.1) is 5.92 Å². The highest BCUT2D eigenvalue weighted by Crippen LogP contribution is 2.34. The van der Waals surface area contributed by atoms with Gasteiger partial charge in [0.1, 0.15) is 0 Å². The molecule has 0 aromatic heterocycles. The fraction of sp³-hybridized carbons (Fsp3) is 0.619. The predicted octanol–water partition coefficient (Wildman–Crippen LogP) is 4.40. The number of ether oxygens (including phenoxy) is 3. The number of amides is 2. The standard InChI is InChI=1S/C21H31ClN2O5/c1-3-4-12-29-21(26)24-11-6-8-17(15-24)19(16-7-5-9-18(22)14-16)28-13-10-23-20(25)27-2/h5,7,9,14,17,19H,3-4,6,8,10-13,15H2,1-2H3,(H,23,25)/t17?,19-/m0/s1. The van der Waals surface area contributed by atoms with Crippen LogP contribution in [0.3, 0.4) is 0 Å². The van der Waals surface area contributed by atoms with Gasteiger partial charge in [-0.3, -0.25) is 0 Å². The number of hydrogen-bond acceptors (Lipinski definition) is 5. The second-order valence-electron chi connectivity index (χ2n) is 7.08. The van der Waals surface area contributed by atoms with Crippen molar-refractivity contribution in [3.05, 3.63) is 34.9 Å². The Hall–Kier alpha value is -1.99. The molecule has 0 saturated carbocycles. The summed E-state index contributed by atoms with van der Waals surface area (Å²) in [5, 5.41) is 3.25. The number of methoxy groups -OCH3 is 1. The van der Waals surface area contributed by atoms with Gasteiger partial charge in [-0.25, -0.2) is 9.59 Å². The Morgan fingerprint density at radius 1 is 1.34 bits per heavy atom. The van der Waals surface area contributed by atoms with E-state index in [2.05, 4.69) is 17.0 Å². The number of alkyl carbamates (subject to hydrolysis) is 1. The minimum atomic E-state index is -0.494. The molecule has 8 heteroatoms. The Balaban J connectivity index is 2.02. The van der Waals surface area contributed by atoms with Crippen molar-refractivity contribution < 1.29 is 23.8 Å². The molecule has 0 aliphatic carbocycles. The molecule has 2 amide bonds. The Labute approximate surface area is 177 Å². The number of rotatable bonds is 9. The molecule has 1 fully saturated rings. The van der Waals surface area contributed by atoms with Crippen molar-refractivity contribution in [3.63, 3.8) is 0 Å². The molecular formula is C21H31ClN2O5. The molecule has 1 aromatic carbocycles. The summed E-state index contributed by atoms with van der Waals surface area (Å²) in [6, 6.07) is 7.57. The van der Waals surface area contributed by atoms with E-state index in [4.69, 9.17) is 21.1 Å². The van der Waals surface area contributed by atoms with Gasteiger partial charge >= 0.3 is 12.2 Å². The first kappa shape index (κ1) is 23.3. The lowest BCUT2D eigenvalue weighted by Crippen LogP contribution is -2.42. The maximum absolute atomic E-state index is 12.4. The Morgan fingerprint density at radius 3 is 2.90 bits per heavy atom. The first-order valence-corrected chi connectivity index (χ1v) is 10.5. The highest BCUT2D eigenvalue weighted by atomic mass is 35.5.